The van der Waals surface area contributed by atoms with Crippen molar-refractivity contribution in [3.63, 3.8) is 0 Å². The number of amides is 1. The molecular weight excluding hydrogens is 567 g/mol. The molecule has 1 N–H and O–H groups in total. The molecule has 1 unspecified atom stereocenters. The highest BCUT2D eigenvalue weighted by molar-refractivity contribution is 9.10. The van der Waals surface area contributed by atoms with E-state index in [0.29, 0.717) is 43.5 Å². The molecule has 0 saturated heterocycles. The number of hydrogen-bond acceptors (Lipinski definition) is 2. The zero-order chi connectivity index (χ0) is 27.1. The summed E-state index contributed by atoms with van der Waals surface area (Å²) in [6.45, 7) is 2.91. The Bertz CT molecular complexity index is 1340. The van der Waals surface area contributed by atoms with E-state index >= 15 is 0 Å². The summed E-state index contributed by atoms with van der Waals surface area (Å²) >= 11 is 9.92. The third kappa shape index (κ3) is 6.69. The fourth-order valence-corrected chi connectivity index (χ4v) is 6.37. The Morgan fingerprint density at radius 2 is 1.53 bits per heavy atom. The number of halogens is 3. The SMILES string of the molecule is CCCCCCCCCCCCCCn1ccc2c3c(c(Br)cc2c1=O)C(c1cc(F)ccc1Cl)NC3=O. The molecule has 0 fully saturated rings. The first-order valence-electron chi connectivity index (χ1n) is 14.0. The molecule has 0 spiro atoms. The number of fused-ring (bicyclic) bond motifs is 3. The van der Waals surface area contributed by atoms with Crippen LogP contribution in [-0.4, -0.2) is 10.5 Å². The first-order chi connectivity index (χ1) is 18.4. The molecule has 1 aliphatic heterocycles. The molecule has 4 rings (SSSR count). The maximum atomic E-state index is 14.0. The monoisotopic (exact) mass is 602 g/mol. The van der Waals surface area contributed by atoms with E-state index in [9.17, 15) is 14.0 Å². The van der Waals surface area contributed by atoms with Gasteiger partial charge in [0.15, 0.2) is 0 Å². The number of unbranched alkanes of at least 4 members (excludes halogenated alkanes) is 11. The van der Waals surface area contributed by atoms with Crippen molar-refractivity contribution in [1.82, 2.24) is 9.88 Å². The van der Waals surface area contributed by atoms with Gasteiger partial charge in [0.25, 0.3) is 11.5 Å². The van der Waals surface area contributed by atoms with Crippen molar-refractivity contribution in [2.24, 2.45) is 0 Å². The number of pyridine rings is 1. The number of nitrogens with zero attached hydrogens (tertiary/aromatic N) is 1. The van der Waals surface area contributed by atoms with Gasteiger partial charge in [0, 0.05) is 44.1 Å². The predicted octanol–water partition coefficient (Wildman–Crippen LogP) is 9.09. The number of carbonyl (C=O) groups excluding carboxylic acids is 1. The van der Waals surface area contributed by atoms with Crippen molar-refractivity contribution in [1.29, 1.82) is 0 Å². The number of hydrogen-bond donors (Lipinski definition) is 1. The Morgan fingerprint density at radius 1 is 0.895 bits per heavy atom. The van der Waals surface area contributed by atoms with E-state index in [2.05, 4.69) is 28.2 Å². The second kappa shape index (κ2) is 13.7. The molecule has 1 atom stereocenters. The molecule has 204 valence electrons. The molecule has 2 aromatic carbocycles. The lowest BCUT2D eigenvalue weighted by Gasteiger charge is -2.16. The fraction of sp³-hybridized carbons (Fsp3) is 0.484. The largest absolute Gasteiger partial charge is 0.341 e. The molecule has 4 nitrogen and oxygen atoms in total. The number of nitrogens with one attached hydrogen (secondary N) is 1. The molecule has 0 radical (unpaired) electrons. The summed E-state index contributed by atoms with van der Waals surface area (Å²) in [6.07, 6.45) is 17.1. The maximum Gasteiger partial charge on any atom is 0.258 e. The van der Waals surface area contributed by atoms with Crippen LogP contribution in [0.15, 0.2) is 45.8 Å². The molecule has 0 aliphatic carbocycles. The molecule has 0 saturated carbocycles. The van der Waals surface area contributed by atoms with E-state index in [1.807, 2.05) is 6.07 Å². The third-order valence-electron chi connectivity index (χ3n) is 7.58. The minimum Gasteiger partial charge on any atom is -0.341 e. The lowest BCUT2D eigenvalue weighted by molar-refractivity contribution is 0.0962. The molecule has 0 bridgehead atoms. The van der Waals surface area contributed by atoms with Crippen LogP contribution in [0.3, 0.4) is 0 Å². The molecule has 3 aromatic rings. The van der Waals surface area contributed by atoms with Crippen molar-refractivity contribution in [2.75, 3.05) is 0 Å². The molecule has 1 aromatic heterocycles. The summed E-state index contributed by atoms with van der Waals surface area (Å²) in [4.78, 5) is 26.3. The highest BCUT2D eigenvalue weighted by Gasteiger charge is 2.35. The average molecular weight is 604 g/mol. The van der Waals surface area contributed by atoms with Crippen LogP contribution in [0.25, 0.3) is 10.8 Å². The fourth-order valence-electron chi connectivity index (χ4n) is 5.49. The van der Waals surface area contributed by atoms with Crippen LogP contribution in [0, 0.1) is 5.82 Å². The van der Waals surface area contributed by atoms with E-state index in [0.717, 1.165) is 12.8 Å². The van der Waals surface area contributed by atoms with Crippen LogP contribution in [0.2, 0.25) is 5.02 Å². The van der Waals surface area contributed by atoms with E-state index in [1.165, 1.54) is 82.4 Å². The van der Waals surface area contributed by atoms with Crippen LogP contribution in [0.1, 0.15) is 112 Å². The minimum atomic E-state index is -0.594. The van der Waals surface area contributed by atoms with Crippen LogP contribution >= 0.6 is 27.5 Å². The second-order valence-corrected chi connectivity index (χ2v) is 11.6. The quantitative estimate of drug-likeness (QED) is 0.187. The maximum absolute atomic E-state index is 14.0. The van der Waals surface area contributed by atoms with Gasteiger partial charge < -0.3 is 9.88 Å². The van der Waals surface area contributed by atoms with Crippen LogP contribution in [0.5, 0.6) is 0 Å². The Kier molecular flexibility index (Phi) is 10.4. The number of aromatic nitrogens is 1. The zero-order valence-corrected chi connectivity index (χ0v) is 24.5. The molecule has 2 heterocycles. The van der Waals surface area contributed by atoms with Crippen molar-refractivity contribution >= 4 is 44.2 Å². The van der Waals surface area contributed by atoms with Crippen molar-refractivity contribution in [3.8, 4) is 0 Å². The van der Waals surface area contributed by atoms with Gasteiger partial charge in [-0.25, -0.2) is 4.39 Å². The number of rotatable bonds is 14. The Labute approximate surface area is 238 Å². The lowest BCUT2D eigenvalue weighted by Crippen LogP contribution is -2.21. The van der Waals surface area contributed by atoms with Gasteiger partial charge in [-0.2, -0.15) is 0 Å². The molecule has 1 amide bonds. The van der Waals surface area contributed by atoms with Gasteiger partial charge in [-0.05, 0) is 36.8 Å². The first kappa shape index (κ1) is 28.8. The minimum absolute atomic E-state index is 0.103. The van der Waals surface area contributed by atoms with Gasteiger partial charge in [0.05, 0.1) is 11.6 Å². The lowest BCUT2D eigenvalue weighted by atomic mass is 9.95. The topological polar surface area (TPSA) is 51.1 Å². The summed E-state index contributed by atoms with van der Waals surface area (Å²) in [5.41, 5.74) is 1.50. The normalized spacial score (nSPS) is 14.7. The highest BCUT2D eigenvalue weighted by Crippen LogP contribution is 2.41. The van der Waals surface area contributed by atoms with Gasteiger partial charge in [0.2, 0.25) is 0 Å². The van der Waals surface area contributed by atoms with Gasteiger partial charge in [-0.3, -0.25) is 9.59 Å². The summed E-state index contributed by atoms with van der Waals surface area (Å²) in [5.74, 6) is -0.723. The smallest absolute Gasteiger partial charge is 0.258 e. The van der Waals surface area contributed by atoms with Crippen molar-refractivity contribution < 1.29 is 9.18 Å². The summed E-state index contributed by atoms with van der Waals surface area (Å²) < 4.78 is 16.3. The molecule has 1 aliphatic rings. The van der Waals surface area contributed by atoms with E-state index in [1.54, 1.807) is 16.8 Å². The van der Waals surface area contributed by atoms with E-state index in [4.69, 9.17) is 11.6 Å². The summed E-state index contributed by atoms with van der Waals surface area (Å²) in [6, 6.07) is 7.14. The van der Waals surface area contributed by atoms with Gasteiger partial charge in [-0.1, -0.05) is 105 Å². The van der Waals surface area contributed by atoms with Crippen LogP contribution in [0.4, 0.5) is 4.39 Å². The van der Waals surface area contributed by atoms with Gasteiger partial charge in [0.1, 0.15) is 5.82 Å². The molecule has 38 heavy (non-hydrogen) atoms. The molecule has 7 heteroatoms. The highest BCUT2D eigenvalue weighted by atomic mass is 79.9. The second-order valence-electron chi connectivity index (χ2n) is 10.4. The van der Waals surface area contributed by atoms with Gasteiger partial charge >= 0.3 is 0 Å². The van der Waals surface area contributed by atoms with Crippen LogP contribution < -0.4 is 10.9 Å². The van der Waals surface area contributed by atoms with E-state index in [-0.39, 0.29) is 11.5 Å². The first-order valence-corrected chi connectivity index (χ1v) is 15.2. The number of aryl methyl sites for hydroxylation is 1. The Balaban J connectivity index is 1.37. The average Bonchev–Trinajstić information content (AvgIpc) is 3.25. The zero-order valence-electron chi connectivity index (χ0n) is 22.1. The number of benzene rings is 2. The number of carbonyl (C=O) groups is 1. The van der Waals surface area contributed by atoms with E-state index < -0.39 is 11.9 Å². The molecular formula is C31H37BrClFN2O2. The van der Waals surface area contributed by atoms with Gasteiger partial charge in [-0.15, -0.1) is 0 Å². The predicted molar refractivity (Wildman–Crippen MR) is 158 cm³/mol. The van der Waals surface area contributed by atoms with Crippen molar-refractivity contribution in [3.05, 3.63) is 78.9 Å². The van der Waals surface area contributed by atoms with Crippen LogP contribution in [-0.2, 0) is 6.54 Å². The Hall–Kier alpha value is -2.18. The third-order valence-corrected chi connectivity index (χ3v) is 8.58. The van der Waals surface area contributed by atoms with Crippen molar-refractivity contribution in [2.45, 2.75) is 96.6 Å². The Morgan fingerprint density at radius 3 is 2.18 bits per heavy atom. The standard InChI is InChI=1S/C31H37BrClFN2O2/c1-2-3-4-5-6-7-8-9-10-11-12-13-17-36-18-16-22-23(31(36)38)20-25(32)28-27(22)30(37)35-29(28)24-19-21(34)14-15-26(24)33/h14-16,18-20,29H,2-13,17H2,1H3,(H,35,37). The summed E-state index contributed by atoms with van der Waals surface area (Å²) in [7, 11) is 0. The summed E-state index contributed by atoms with van der Waals surface area (Å²) in [5, 5.41) is 4.39.